The number of carbonyl (C=O) groups excluding carboxylic acids is 1. The summed E-state index contributed by atoms with van der Waals surface area (Å²) in [5.74, 6) is -4.52. The van der Waals surface area contributed by atoms with Crippen molar-refractivity contribution in [3.8, 4) is 17.0 Å². The summed E-state index contributed by atoms with van der Waals surface area (Å²) in [4.78, 5) is 32.4. The predicted octanol–water partition coefficient (Wildman–Crippen LogP) is 4.83. The summed E-state index contributed by atoms with van der Waals surface area (Å²) in [5.41, 5.74) is 2.03. The van der Waals surface area contributed by atoms with Gasteiger partial charge >= 0.3 is 5.97 Å². The maximum Gasteiger partial charge on any atom is 0.303 e. The number of carboxylic acids is 1. The Labute approximate surface area is 245 Å². The number of hydrogen-bond acceptors (Lipinski definition) is 7. The topological polar surface area (TPSA) is 120 Å². The lowest BCUT2D eigenvalue weighted by Gasteiger charge is -2.30. The van der Waals surface area contributed by atoms with Gasteiger partial charge < -0.3 is 24.7 Å². The van der Waals surface area contributed by atoms with Crippen molar-refractivity contribution in [1.29, 1.82) is 0 Å². The Morgan fingerprint density at radius 1 is 1.07 bits per heavy atom. The SMILES string of the molecule is CO.COc1cccc(C)c1N(C)c1cc(-c2cc(F)c(F)c(F)c2)nc2cc(C(=O)N3CCC(CC(=O)O)CC3)nn12. The van der Waals surface area contributed by atoms with Crippen LogP contribution in [0.15, 0.2) is 42.5 Å². The molecular formula is C30H32F3N5O5. The molecule has 3 heterocycles. The molecule has 10 nitrogen and oxygen atoms in total. The van der Waals surface area contributed by atoms with E-state index in [1.807, 2.05) is 19.1 Å². The molecule has 2 aromatic carbocycles. The summed E-state index contributed by atoms with van der Waals surface area (Å²) < 4.78 is 49.1. The van der Waals surface area contributed by atoms with Crippen molar-refractivity contribution in [2.75, 3.05) is 39.3 Å². The molecule has 2 N–H and O–H groups in total. The van der Waals surface area contributed by atoms with Gasteiger partial charge in [0.15, 0.2) is 28.8 Å². The van der Waals surface area contributed by atoms with Crippen LogP contribution in [0.4, 0.5) is 24.7 Å². The lowest BCUT2D eigenvalue weighted by Crippen LogP contribution is -2.39. The van der Waals surface area contributed by atoms with Crippen molar-refractivity contribution >= 4 is 29.0 Å². The van der Waals surface area contributed by atoms with E-state index in [0.29, 0.717) is 43.2 Å². The second-order valence-electron chi connectivity index (χ2n) is 10.1. The zero-order valence-corrected chi connectivity index (χ0v) is 24.1. The first-order valence-electron chi connectivity index (χ1n) is 13.5. The van der Waals surface area contributed by atoms with Crippen LogP contribution in [0.2, 0.25) is 0 Å². The minimum atomic E-state index is -1.58. The van der Waals surface area contributed by atoms with Gasteiger partial charge in [-0.3, -0.25) is 9.59 Å². The Bertz CT molecular complexity index is 1630. The number of benzene rings is 2. The average molecular weight is 600 g/mol. The van der Waals surface area contributed by atoms with Gasteiger partial charge in [0.1, 0.15) is 11.6 Å². The van der Waals surface area contributed by atoms with Gasteiger partial charge in [0.2, 0.25) is 0 Å². The van der Waals surface area contributed by atoms with E-state index in [0.717, 1.165) is 24.8 Å². The molecule has 0 unspecified atom stereocenters. The zero-order valence-electron chi connectivity index (χ0n) is 24.1. The second kappa shape index (κ2) is 13.1. The number of hydrogen-bond donors (Lipinski definition) is 2. The number of nitrogens with zero attached hydrogens (tertiary/aromatic N) is 5. The number of rotatable bonds is 7. The van der Waals surface area contributed by atoms with Crippen LogP contribution in [0.5, 0.6) is 5.75 Å². The molecule has 1 fully saturated rings. The van der Waals surface area contributed by atoms with Crippen molar-refractivity contribution in [2.24, 2.45) is 5.92 Å². The van der Waals surface area contributed by atoms with E-state index in [2.05, 4.69) is 10.1 Å². The number of halogens is 3. The Balaban J connectivity index is 0.00000207. The molecule has 228 valence electrons. The summed E-state index contributed by atoms with van der Waals surface area (Å²) in [6, 6.07) is 10.3. The minimum absolute atomic E-state index is 0.00249. The van der Waals surface area contributed by atoms with Crippen LogP contribution in [-0.2, 0) is 4.79 Å². The molecule has 5 rings (SSSR count). The number of aryl methyl sites for hydroxylation is 1. The molecule has 0 spiro atoms. The molecule has 0 radical (unpaired) electrons. The fourth-order valence-corrected chi connectivity index (χ4v) is 5.24. The standard InChI is InChI=1S/C29H28F3N5O4.CH4O/c1-16-5-4-6-23(41-3)28(16)35(2)25-15-21(18-12-19(30)27(32)20(31)13-18)33-24-14-22(34-37(24)25)29(40)36-9-7-17(8-10-36)11-26(38)39;1-2/h4-6,12-15,17H,7-11H2,1-3H3,(H,38,39);2H,1H3. The van der Waals surface area contributed by atoms with E-state index in [4.69, 9.17) is 14.9 Å². The van der Waals surface area contributed by atoms with Crippen molar-refractivity contribution < 1.29 is 37.7 Å². The lowest BCUT2D eigenvalue weighted by molar-refractivity contribution is -0.138. The Kier molecular flexibility index (Phi) is 9.54. The van der Waals surface area contributed by atoms with Gasteiger partial charge in [-0.05, 0) is 49.4 Å². The number of likely N-dealkylation sites (tertiary alicyclic amines) is 1. The van der Waals surface area contributed by atoms with E-state index in [-0.39, 0.29) is 40.8 Å². The molecule has 13 heteroatoms. The number of aliphatic hydroxyl groups excluding tert-OH is 1. The van der Waals surface area contributed by atoms with Gasteiger partial charge in [-0.15, -0.1) is 0 Å². The summed E-state index contributed by atoms with van der Waals surface area (Å²) in [7, 11) is 4.29. The van der Waals surface area contributed by atoms with E-state index < -0.39 is 23.4 Å². The number of aromatic nitrogens is 3. The Morgan fingerprint density at radius 3 is 2.33 bits per heavy atom. The van der Waals surface area contributed by atoms with Crippen LogP contribution in [-0.4, -0.2) is 75.9 Å². The first kappa shape index (κ1) is 31.3. The highest BCUT2D eigenvalue weighted by molar-refractivity contribution is 5.93. The number of methoxy groups -OCH3 is 1. The molecule has 43 heavy (non-hydrogen) atoms. The third-order valence-corrected chi connectivity index (χ3v) is 7.37. The minimum Gasteiger partial charge on any atom is -0.495 e. The molecule has 4 aromatic rings. The Hall–Kier alpha value is -4.65. The van der Waals surface area contributed by atoms with Crippen LogP contribution in [0, 0.1) is 30.3 Å². The van der Waals surface area contributed by atoms with Gasteiger partial charge in [-0.2, -0.15) is 9.61 Å². The molecule has 1 aliphatic heterocycles. The van der Waals surface area contributed by atoms with Crippen LogP contribution >= 0.6 is 0 Å². The summed E-state index contributed by atoms with van der Waals surface area (Å²) in [5, 5.41) is 20.6. The lowest BCUT2D eigenvalue weighted by atomic mass is 9.93. The Morgan fingerprint density at radius 2 is 1.72 bits per heavy atom. The van der Waals surface area contributed by atoms with Gasteiger partial charge in [-0.25, -0.2) is 18.2 Å². The van der Waals surface area contributed by atoms with Crippen LogP contribution in [0.3, 0.4) is 0 Å². The second-order valence-corrected chi connectivity index (χ2v) is 10.1. The van der Waals surface area contributed by atoms with E-state index in [9.17, 15) is 22.8 Å². The number of aliphatic hydroxyl groups is 1. The van der Waals surface area contributed by atoms with Crippen molar-refractivity contribution in [3.05, 3.63) is 71.2 Å². The van der Waals surface area contributed by atoms with E-state index in [1.165, 1.54) is 17.7 Å². The molecule has 0 saturated carbocycles. The number of fused-ring (bicyclic) bond motifs is 1. The predicted molar refractivity (Wildman–Crippen MR) is 153 cm³/mol. The smallest absolute Gasteiger partial charge is 0.303 e. The maximum atomic E-state index is 14.2. The van der Waals surface area contributed by atoms with Crippen LogP contribution in [0.25, 0.3) is 16.9 Å². The van der Waals surface area contributed by atoms with Crippen LogP contribution < -0.4 is 9.64 Å². The number of ether oxygens (including phenoxy) is 1. The summed E-state index contributed by atoms with van der Waals surface area (Å²) in [6.45, 7) is 2.68. The molecule has 1 amide bonds. The van der Waals surface area contributed by atoms with Crippen molar-refractivity contribution in [1.82, 2.24) is 19.5 Å². The average Bonchev–Trinajstić information content (AvgIpc) is 3.44. The van der Waals surface area contributed by atoms with E-state index >= 15 is 0 Å². The first-order chi connectivity index (χ1) is 20.6. The van der Waals surface area contributed by atoms with Crippen molar-refractivity contribution in [2.45, 2.75) is 26.2 Å². The zero-order chi connectivity index (χ0) is 31.4. The quantitative estimate of drug-likeness (QED) is 0.290. The van der Waals surface area contributed by atoms with Gasteiger partial charge in [0, 0.05) is 51.4 Å². The number of amides is 1. The largest absolute Gasteiger partial charge is 0.495 e. The molecule has 1 saturated heterocycles. The normalized spacial score (nSPS) is 13.4. The van der Waals surface area contributed by atoms with Crippen molar-refractivity contribution in [3.63, 3.8) is 0 Å². The number of carbonyl (C=O) groups is 2. The fraction of sp³-hybridized carbons (Fsp3) is 0.333. The first-order valence-corrected chi connectivity index (χ1v) is 13.5. The molecule has 2 aromatic heterocycles. The highest BCUT2D eigenvalue weighted by Gasteiger charge is 2.28. The van der Waals surface area contributed by atoms with E-state index in [1.54, 1.807) is 29.0 Å². The summed E-state index contributed by atoms with van der Waals surface area (Å²) in [6.07, 6.45) is 1.19. The number of carboxylic acid groups (broad SMARTS) is 1. The molecule has 0 bridgehead atoms. The van der Waals surface area contributed by atoms with Gasteiger partial charge in [-0.1, -0.05) is 12.1 Å². The highest BCUT2D eigenvalue weighted by Crippen LogP contribution is 2.37. The number of anilines is 2. The molecule has 1 aliphatic rings. The molecular weight excluding hydrogens is 567 g/mol. The third-order valence-electron chi connectivity index (χ3n) is 7.37. The summed E-state index contributed by atoms with van der Waals surface area (Å²) >= 11 is 0. The number of para-hydroxylation sites is 1. The highest BCUT2D eigenvalue weighted by atomic mass is 19.2. The molecule has 0 aliphatic carbocycles. The maximum absolute atomic E-state index is 14.2. The number of aliphatic carboxylic acids is 1. The van der Waals surface area contributed by atoms with Gasteiger partial charge in [0.05, 0.1) is 18.5 Å². The fourth-order valence-electron chi connectivity index (χ4n) is 5.24. The van der Waals surface area contributed by atoms with Crippen LogP contribution in [0.1, 0.15) is 35.3 Å². The monoisotopic (exact) mass is 599 g/mol. The molecule has 0 atom stereocenters. The van der Waals surface area contributed by atoms with Gasteiger partial charge in [0.25, 0.3) is 5.91 Å². The number of piperidine rings is 1. The third kappa shape index (κ3) is 6.41.